The summed E-state index contributed by atoms with van der Waals surface area (Å²) in [6.45, 7) is 0. The van der Waals surface area contributed by atoms with E-state index in [0.717, 1.165) is 14.8 Å². The van der Waals surface area contributed by atoms with Gasteiger partial charge in [0.25, 0.3) is 0 Å². The van der Waals surface area contributed by atoms with E-state index in [-0.39, 0.29) is 5.97 Å². The molecule has 1 aliphatic heterocycles. The standard InChI is InChI=1S/C10H7INO2/c1-14-10(13)9-8(11)6-4-2-3-5-7(6)12-9/h2-5H,1H3. The summed E-state index contributed by atoms with van der Waals surface area (Å²) in [5, 5.41) is 4.20. The lowest BCUT2D eigenvalue weighted by molar-refractivity contribution is -0.136. The summed E-state index contributed by atoms with van der Waals surface area (Å²) in [7, 11) is 1.36. The first-order valence-corrected chi connectivity index (χ1v) is 5.11. The van der Waals surface area contributed by atoms with Crippen molar-refractivity contribution in [3.05, 3.63) is 35.5 Å². The monoisotopic (exact) mass is 300 g/mol. The summed E-state index contributed by atoms with van der Waals surface area (Å²) in [6.07, 6.45) is 0. The van der Waals surface area contributed by atoms with E-state index in [4.69, 9.17) is 0 Å². The Labute approximate surface area is 95.3 Å². The zero-order valence-electron chi connectivity index (χ0n) is 7.45. The molecular formula is C10H7INO2. The van der Waals surface area contributed by atoms with Crippen molar-refractivity contribution in [1.82, 2.24) is 5.32 Å². The number of esters is 1. The summed E-state index contributed by atoms with van der Waals surface area (Å²) in [5.41, 5.74) is 2.22. The smallest absolute Gasteiger partial charge is 0.357 e. The van der Waals surface area contributed by atoms with E-state index in [0.29, 0.717) is 5.70 Å². The minimum Gasteiger partial charge on any atom is -0.464 e. The van der Waals surface area contributed by atoms with Gasteiger partial charge in [0, 0.05) is 5.56 Å². The van der Waals surface area contributed by atoms with Gasteiger partial charge in [0.05, 0.1) is 16.4 Å². The summed E-state index contributed by atoms with van der Waals surface area (Å²) < 4.78 is 5.49. The van der Waals surface area contributed by atoms with E-state index in [2.05, 4.69) is 32.6 Å². The van der Waals surface area contributed by atoms with Gasteiger partial charge in [-0.05, 0) is 28.7 Å². The van der Waals surface area contributed by atoms with Gasteiger partial charge >= 0.3 is 5.97 Å². The number of carbonyl (C=O) groups is 1. The normalized spacial score (nSPS) is 13.6. The van der Waals surface area contributed by atoms with E-state index < -0.39 is 0 Å². The van der Waals surface area contributed by atoms with Crippen molar-refractivity contribution in [1.29, 1.82) is 0 Å². The number of rotatable bonds is 1. The number of benzene rings is 1. The second-order valence-electron chi connectivity index (χ2n) is 2.78. The molecule has 3 nitrogen and oxygen atoms in total. The Hall–Kier alpha value is -1.04. The number of para-hydroxylation sites is 1. The molecule has 2 rings (SSSR count). The zero-order chi connectivity index (χ0) is 10.1. The Kier molecular flexibility index (Phi) is 2.45. The molecule has 0 saturated carbocycles. The van der Waals surface area contributed by atoms with E-state index in [1.54, 1.807) is 0 Å². The Morgan fingerprint density at radius 1 is 1.43 bits per heavy atom. The van der Waals surface area contributed by atoms with Crippen LogP contribution in [0.2, 0.25) is 0 Å². The Balaban J connectivity index is 2.44. The van der Waals surface area contributed by atoms with Gasteiger partial charge in [-0.25, -0.2) is 10.1 Å². The molecule has 0 aliphatic carbocycles. The fourth-order valence-electron chi connectivity index (χ4n) is 1.29. The minimum absolute atomic E-state index is 0.384. The molecule has 0 aromatic heterocycles. The summed E-state index contributed by atoms with van der Waals surface area (Å²) >= 11 is 2.11. The third-order valence-electron chi connectivity index (χ3n) is 1.96. The highest BCUT2D eigenvalue weighted by Gasteiger charge is 2.26. The number of fused-ring (bicyclic) bond motifs is 1. The molecular weight excluding hydrogens is 293 g/mol. The van der Waals surface area contributed by atoms with Crippen molar-refractivity contribution < 1.29 is 9.53 Å². The number of methoxy groups -OCH3 is 1. The number of halogens is 1. The van der Waals surface area contributed by atoms with Gasteiger partial charge in [-0.1, -0.05) is 18.2 Å². The van der Waals surface area contributed by atoms with Crippen LogP contribution in [0.25, 0.3) is 3.58 Å². The molecule has 4 heteroatoms. The van der Waals surface area contributed by atoms with E-state index in [1.165, 1.54) is 7.11 Å². The molecule has 0 saturated heterocycles. The molecule has 1 radical (unpaired) electrons. The van der Waals surface area contributed by atoms with Crippen LogP contribution in [0.1, 0.15) is 5.56 Å². The minimum atomic E-state index is -0.384. The van der Waals surface area contributed by atoms with Crippen LogP contribution in [0.3, 0.4) is 0 Å². The van der Waals surface area contributed by atoms with Crippen molar-refractivity contribution in [3.63, 3.8) is 0 Å². The fourth-order valence-corrected chi connectivity index (χ4v) is 2.08. The molecule has 1 aromatic carbocycles. The van der Waals surface area contributed by atoms with Gasteiger partial charge in [0.2, 0.25) is 0 Å². The lowest BCUT2D eigenvalue weighted by Crippen LogP contribution is -2.09. The van der Waals surface area contributed by atoms with Gasteiger partial charge in [0.1, 0.15) is 0 Å². The first-order valence-electron chi connectivity index (χ1n) is 4.03. The number of nitrogens with zero attached hydrogens (tertiary/aromatic N) is 1. The van der Waals surface area contributed by atoms with Crippen LogP contribution < -0.4 is 5.32 Å². The second-order valence-corrected chi connectivity index (χ2v) is 3.86. The van der Waals surface area contributed by atoms with Crippen LogP contribution in [-0.2, 0) is 9.53 Å². The van der Waals surface area contributed by atoms with E-state index in [9.17, 15) is 4.79 Å². The first-order chi connectivity index (χ1) is 6.74. The second kappa shape index (κ2) is 3.61. The van der Waals surface area contributed by atoms with Crippen LogP contribution in [-0.4, -0.2) is 13.1 Å². The van der Waals surface area contributed by atoms with Crippen LogP contribution in [0.5, 0.6) is 0 Å². The quantitative estimate of drug-likeness (QED) is 0.589. The molecule has 1 heterocycles. The Bertz CT molecular complexity index is 426. The number of carbonyl (C=O) groups excluding carboxylic acids is 1. The van der Waals surface area contributed by atoms with Crippen molar-refractivity contribution in [2.45, 2.75) is 0 Å². The van der Waals surface area contributed by atoms with Gasteiger partial charge < -0.3 is 4.74 Å². The molecule has 1 aliphatic rings. The molecule has 71 valence electrons. The average molecular weight is 300 g/mol. The average Bonchev–Trinajstić information content (AvgIpc) is 2.56. The lowest BCUT2D eigenvalue weighted by atomic mass is 10.2. The highest BCUT2D eigenvalue weighted by molar-refractivity contribution is 14.1. The van der Waals surface area contributed by atoms with Gasteiger partial charge in [-0.2, -0.15) is 0 Å². The number of hydrogen-bond acceptors (Lipinski definition) is 2. The van der Waals surface area contributed by atoms with Crippen molar-refractivity contribution in [2.24, 2.45) is 0 Å². The highest BCUT2D eigenvalue weighted by Crippen LogP contribution is 2.38. The largest absolute Gasteiger partial charge is 0.464 e. The van der Waals surface area contributed by atoms with Crippen LogP contribution >= 0.6 is 22.6 Å². The van der Waals surface area contributed by atoms with Crippen LogP contribution in [0, 0.1) is 0 Å². The maximum absolute atomic E-state index is 11.3. The molecule has 0 N–H and O–H groups in total. The fraction of sp³-hybridized carbons (Fsp3) is 0.100. The van der Waals surface area contributed by atoms with Crippen LogP contribution in [0.4, 0.5) is 5.69 Å². The first kappa shape index (κ1) is 9.51. The number of ether oxygens (including phenoxy) is 1. The van der Waals surface area contributed by atoms with Crippen molar-refractivity contribution in [3.8, 4) is 0 Å². The number of hydrogen-bond donors (Lipinski definition) is 0. The predicted octanol–water partition coefficient (Wildman–Crippen LogP) is 2.21. The molecule has 0 spiro atoms. The van der Waals surface area contributed by atoms with E-state index >= 15 is 0 Å². The molecule has 0 atom stereocenters. The molecule has 1 aromatic rings. The molecule has 0 amide bonds. The third-order valence-corrected chi connectivity index (χ3v) is 3.05. The topological polar surface area (TPSA) is 40.4 Å². The molecule has 0 unspecified atom stereocenters. The Morgan fingerprint density at radius 2 is 2.14 bits per heavy atom. The van der Waals surface area contributed by atoms with Gasteiger partial charge in [-0.3, -0.25) is 0 Å². The summed E-state index contributed by atoms with van der Waals surface area (Å²) in [5.74, 6) is -0.384. The molecule has 0 fully saturated rings. The zero-order valence-corrected chi connectivity index (χ0v) is 9.61. The maximum atomic E-state index is 11.3. The highest BCUT2D eigenvalue weighted by atomic mass is 127. The summed E-state index contributed by atoms with van der Waals surface area (Å²) in [4.78, 5) is 11.3. The van der Waals surface area contributed by atoms with E-state index in [1.807, 2.05) is 24.3 Å². The molecule has 0 bridgehead atoms. The predicted molar refractivity (Wildman–Crippen MR) is 61.2 cm³/mol. The SMILES string of the molecule is COC(=O)C1=C(I)c2ccccc2[N]1. The van der Waals surface area contributed by atoms with Crippen LogP contribution in [0.15, 0.2) is 30.0 Å². The summed E-state index contributed by atoms with van der Waals surface area (Å²) in [6, 6.07) is 7.64. The lowest BCUT2D eigenvalue weighted by Gasteiger charge is -1.98. The van der Waals surface area contributed by atoms with Crippen molar-refractivity contribution in [2.75, 3.05) is 7.11 Å². The van der Waals surface area contributed by atoms with Gasteiger partial charge in [-0.15, -0.1) is 0 Å². The third kappa shape index (κ3) is 1.39. The maximum Gasteiger partial charge on any atom is 0.357 e. The van der Waals surface area contributed by atoms with Crippen molar-refractivity contribution >= 4 is 37.8 Å². The Morgan fingerprint density at radius 3 is 2.79 bits per heavy atom. The van der Waals surface area contributed by atoms with Gasteiger partial charge in [0.15, 0.2) is 5.70 Å². The molecule has 14 heavy (non-hydrogen) atoms.